The third kappa shape index (κ3) is 3.95. The van der Waals surface area contributed by atoms with Gasteiger partial charge in [0.1, 0.15) is 5.82 Å². The van der Waals surface area contributed by atoms with Crippen LogP contribution >= 0.6 is 0 Å². The zero-order valence-corrected chi connectivity index (χ0v) is 18.0. The van der Waals surface area contributed by atoms with Crippen molar-refractivity contribution < 1.29 is 14.0 Å². The fourth-order valence-electron chi connectivity index (χ4n) is 4.31. The highest BCUT2D eigenvalue weighted by molar-refractivity contribution is 6.03. The van der Waals surface area contributed by atoms with Crippen molar-refractivity contribution in [1.29, 1.82) is 0 Å². The number of hydrogen-bond acceptors (Lipinski definition) is 7. The smallest absolute Gasteiger partial charge is 0.289 e. The highest BCUT2D eigenvalue weighted by Gasteiger charge is 2.31. The minimum Gasteiger partial charge on any atom is -0.459 e. The zero-order chi connectivity index (χ0) is 22.1. The SMILES string of the molecule is C[C@@H]1CC(=O)c2c(nc(N3CCN(C(=O)c4ccco4)CC3)nc2Nc2ccccc2)C1. The predicted molar refractivity (Wildman–Crippen MR) is 120 cm³/mol. The second kappa shape index (κ2) is 8.45. The molecule has 3 aromatic rings. The van der Waals surface area contributed by atoms with Gasteiger partial charge in [0, 0.05) is 38.3 Å². The molecule has 0 unspecified atom stereocenters. The van der Waals surface area contributed by atoms with Crippen molar-refractivity contribution >= 4 is 29.1 Å². The molecule has 0 spiro atoms. The highest BCUT2D eigenvalue weighted by atomic mass is 16.3. The van der Waals surface area contributed by atoms with Crippen molar-refractivity contribution in [2.75, 3.05) is 36.4 Å². The molecule has 0 radical (unpaired) electrons. The van der Waals surface area contributed by atoms with Crippen LogP contribution < -0.4 is 10.2 Å². The van der Waals surface area contributed by atoms with Crippen molar-refractivity contribution in [3.8, 4) is 0 Å². The Hall–Kier alpha value is -3.68. The molecule has 1 atom stereocenters. The monoisotopic (exact) mass is 431 g/mol. The number of fused-ring (bicyclic) bond motifs is 1. The van der Waals surface area contributed by atoms with E-state index in [9.17, 15) is 9.59 Å². The normalized spacial score (nSPS) is 18.4. The molecule has 1 N–H and O–H groups in total. The summed E-state index contributed by atoms with van der Waals surface area (Å²) in [7, 11) is 0. The number of carbonyl (C=O) groups is 2. The first-order valence-corrected chi connectivity index (χ1v) is 10.9. The molecule has 2 aliphatic rings. The summed E-state index contributed by atoms with van der Waals surface area (Å²) in [6.45, 7) is 4.40. The molecule has 1 aromatic carbocycles. The average Bonchev–Trinajstić information content (AvgIpc) is 3.34. The molecule has 0 saturated carbocycles. The number of aromatic nitrogens is 2. The Balaban J connectivity index is 1.41. The Bertz CT molecular complexity index is 1120. The van der Waals surface area contributed by atoms with Crippen LogP contribution in [0, 0.1) is 5.92 Å². The lowest BCUT2D eigenvalue weighted by Gasteiger charge is -2.35. The number of nitrogens with zero attached hydrogens (tertiary/aromatic N) is 4. The van der Waals surface area contributed by atoms with Crippen LogP contribution in [-0.4, -0.2) is 52.7 Å². The molecule has 32 heavy (non-hydrogen) atoms. The number of benzene rings is 1. The molecule has 1 saturated heterocycles. The van der Waals surface area contributed by atoms with E-state index in [4.69, 9.17) is 14.4 Å². The van der Waals surface area contributed by atoms with Gasteiger partial charge in [-0.05, 0) is 36.6 Å². The summed E-state index contributed by atoms with van der Waals surface area (Å²) >= 11 is 0. The van der Waals surface area contributed by atoms with E-state index in [1.54, 1.807) is 17.0 Å². The van der Waals surface area contributed by atoms with Crippen LogP contribution in [0.4, 0.5) is 17.5 Å². The fraction of sp³-hybridized carbons (Fsp3) is 0.333. The minimum absolute atomic E-state index is 0.0811. The lowest BCUT2D eigenvalue weighted by molar-refractivity contribution is 0.0713. The fourth-order valence-corrected chi connectivity index (χ4v) is 4.31. The van der Waals surface area contributed by atoms with Crippen LogP contribution in [0.15, 0.2) is 53.1 Å². The molecule has 164 valence electrons. The third-order valence-corrected chi connectivity index (χ3v) is 5.94. The van der Waals surface area contributed by atoms with Gasteiger partial charge in [0.25, 0.3) is 5.91 Å². The summed E-state index contributed by atoms with van der Waals surface area (Å²) in [6, 6.07) is 13.1. The largest absolute Gasteiger partial charge is 0.459 e. The van der Waals surface area contributed by atoms with Crippen LogP contribution in [-0.2, 0) is 6.42 Å². The van der Waals surface area contributed by atoms with Crippen molar-refractivity contribution in [2.45, 2.75) is 19.8 Å². The van der Waals surface area contributed by atoms with Crippen LogP contribution in [0.1, 0.15) is 40.0 Å². The number of furan rings is 1. The van der Waals surface area contributed by atoms with Gasteiger partial charge in [-0.15, -0.1) is 0 Å². The molecule has 0 bridgehead atoms. The summed E-state index contributed by atoms with van der Waals surface area (Å²) in [5.41, 5.74) is 2.27. The van der Waals surface area contributed by atoms with E-state index in [0.717, 1.165) is 17.8 Å². The number of anilines is 3. The first-order chi connectivity index (χ1) is 15.6. The summed E-state index contributed by atoms with van der Waals surface area (Å²) in [5, 5.41) is 3.33. The molecule has 1 aliphatic carbocycles. The quantitative estimate of drug-likeness (QED) is 0.675. The highest BCUT2D eigenvalue weighted by Crippen LogP contribution is 2.32. The number of Topliss-reactive ketones (excluding diaryl/α,β-unsaturated/α-hetero) is 1. The molecule has 8 nitrogen and oxygen atoms in total. The molecule has 8 heteroatoms. The number of para-hydroxylation sites is 1. The number of carbonyl (C=O) groups excluding carboxylic acids is 2. The van der Waals surface area contributed by atoms with Gasteiger partial charge in [-0.3, -0.25) is 9.59 Å². The van der Waals surface area contributed by atoms with Crippen LogP contribution in [0.2, 0.25) is 0 Å². The lowest BCUT2D eigenvalue weighted by atomic mass is 9.87. The maximum atomic E-state index is 12.8. The van der Waals surface area contributed by atoms with E-state index in [2.05, 4.69) is 17.1 Å². The summed E-state index contributed by atoms with van der Waals surface area (Å²) in [5.74, 6) is 1.73. The number of piperazine rings is 1. The van der Waals surface area contributed by atoms with Gasteiger partial charge in [-0.1, -0.05) is 25.1 Å². The average molecular weight is 431 g/mol. The number of hydrogen-bond donors (Lipinski definition) is 1. The maximum Gasteiger partial charge on any atom is 0.289 e. The number of ketones is 1. The lowest BCUT2D eigenvalue weighted by Crippen LogP contribution is -2.49. The summed E-state index contributed by atoms with van der Waals surface area (Å²) < 4.78 is 5.24. The Labute approximate surface area is 186 Å². The van der Waals surface area contributed by atoms with E-state index in [-0.39, 0.29) is 17.6 Å². The summed E-state index contributed by atoms with van der Waals surface area (Å²) in [6.07, 6.45) is 2.76. The van der Waals surface area contributed by atoms with Gasteiger partial charge < -0.3 is 19.5 Å². The van der Waals surface area contributed by atoms with Crippen molar-refractivity contribution in [1.82, 2.24) is 14.9 Å². The van der Waals surface area contributed by atoms with E-state index < -0.39 is 0 Å². The maximum absolute atomic E-state index is 12.8. The summed E-state index contributed by atoms with van der Waals surface area (Å²) in [4.78, 5) is 38.8. The molecule has 1 amide bonds. The standard InChI is InChI=1S/C24H25N5O3/c1-16-14-18-21(19(30)15-16)22(25-17-6-3-2-4-7-17)27-24(26-18)29-11-9-28(10-12-29)23(31)20-8-5-13-32-20/h2-8,13,16H,9-12,14-15H2,1H3,(H,25,26,27)/t16-/m0/s1. The van der Waals surface area contributed by atoms with Crippen LogP contribution in [0.25, 0.3) is 0 Å². The van der Waals surface area contributed by atoms with E-state index in [0.29, 0.717) is 55.7 Å². The zero-order valence-electron chi connectivity index (χ0n) is 18.0. The molecule has 5 rings (SSSR count). The Kier molecular flexibility index (Phi) is 5.34. The molecule has 1 aliphatic heterocycles. The van der Waals surface area contributed by atoms with Gasteiger partial charge in [-0.2, -0.15) is 4.98 Å². The number of rotatable bonds is 4. The second-order valence-electron chi connectivity index (χ2n) is 8.38. The predicted octanol–water partition coefficient (Wildman–Crippen LogP) is 3.54. The minimum atomic E-state index is -0.105. The molecule has 2 aromatic heterocycles. The molecular formula is C24H25N5O3. The Morgan fingerprint density at radius 3 is 2.53 bits per heavy atom. The van der Waals surface area contributed by atoms with Crippen LogP contribution in [0.5, 0.6) is 0 Å². The van der Waals surface area contributed by atoms with Gasteiger partial charge >= 0.3 is 0 Å². The number of nitrogens with one attached hydrogen (secondary N) is 1. The Morgan fingerprint density at radius 1 is 1.03 bits per heavy atom. The van der Waals surface area contributed by atoms with Crippen molar-refractivity contribution in [3.05, 3.63) is 65.7 Å². The molecule has 3 heterocycles. The molecule has 1 fully saturated rings. The van der Waals surface area contributed by atoms with E-state index >= 15 is 0 Å². The van der Waals surface area contributed by atoms with Gasteiger partial charge in [0.2, 0.25) is 5.95 Å². The third-order valence-electron chi connectivity index (χ3n) is 5.94. The number of amides is 1. The first kappa shape index (κ1) is 20.2. The van der Waals surface area contributed by atoms with E-state index in [1.807, 2.05) is 30.3 Å². The van der Waals surface area contributed by atoms with Gasteiger partial charge in [0.15, 0.2) is 11.5 Å². The van der Waals surface area contributed by atoms with E-state index in [1.165, 1.54) is 6.26 Å². The van der Waals surface area contributed by atoms with Crippen molar-refractivity contribution in [3.63, 3.8) is 0 Å². The van der Waals surface area contributed by atoms with Crippen LogP contribution in [0.3, 0.4) is 0 Å². The first-order valence-electron chi connectivity index (χ1n) is 10.9. The Morgan fingerprint density at radius 2 is 1.81 bits per heavy atom. The van der Waals surface area contributed by atoms with Gasteiger partial charge in [0.05, 0.1) is 17.5 Å². The second-order valence-corrected chi connectivity index (χ2v) is 8.38. The topological polar surface area (TPSA) is 91.6 Å². The molecular weight excluding hydrogens is 406 g/mol. The van der Waals surface area contributed by atoms with Gasteiger partial charge in [-0.25, -0.2) is 4.98 Å². The van der Waals surface area contributed by atoms with Crippen molar-refractivity contribution in [2.24, 2.45) is 5.92 Å².